The molecule has 0 saturated heterocycles. The quantitative estimate of drug-likeness (QED) is 0.148. The minimum Gasteiger partial charge on any atom is -0.677 e. The Balaban J connectivity index is 0.000000202. The van der Waals surface area contributed by atoms with Crippen LogP contribution in [0.25, 0.3) is 44.0 Å². The van der Waals surface area contributed by atoms with E-state index in [1.165, 1.54) is 27.1 Å². The second-order valence-corrected chi connectivity index (χ2v) is 7.44. The Morgan fingerprint density at radius 3 is 1.67 bits per heavy atom. The fourth-order valence-corrected chi connectivity index (χ4v) is 3.69. The van der Waals surface area contributed by atoms with E-state index in [-0.39, 0.29) is 21.1 Å². The summed E-state index contributed by atoms with van der Waals surface area (Å²) in [5.41, 5.74) is 10.3. The average Bonchev–Trinajstić information content (AvgIpc) is 2.87. The largest absolute Gasteiger partial charge is 2.00 e. The molecule has 0 saturated carbocycles. The molecule has 3 aromatic carbocycles. The van der Waals surface area contributed by atoms with Gasteiger partial charge >= 0.3 is 21.1 Å². The van der Waals surface area contributed by atoms with E-state index in [1.54, 1.807) is 12.4 Å². The number of aromatic nitrogens is 2. The fourth-order valence-electron chi connectivity index (χ4n) is 3.69. The maximum absolute atomic E-state index is 7.19. The first-order chi connectivity index (χ1) is 15.9. The van der Waals surface area contributed by atoms with E-state index in [0.29, 0.717) is 6.54 Å². The number of pyridine rings is 2. The van der Waals surface area contributed by atoms with Crippen molar-refractivity contribution in [3.05, 3.63) is 120 Å². The third kappa shape index (κ3) is 6.55. The van der Waals surface area contributed by atoms with Crippen molar-refractivity contribution >= 4 is 21.5 Å². The van der Waals surface area contributed by atoms with Crippen molar-refractivity contribution in [1.82, 2.24) is 9.97 Å². The molecule has 5 heteroatoms. The Kier molecular flexibility index (Phi) is 9.71. The van der Waals surface area contributed by atoms with Gasteiger partial charge in [0.1, 0.15) is 0 Å². The Bertz CT molecular complexity index is 1170. The Labute approximate surface area is 209 Å². The van der Waals surface area contributed by atoms with E-state index in [2.05, 4.69) is 69.9 Å². The van der Waals surface area contributed by atoms with Crippen molar-refractivity contribution in [2.75, 3.05) is 13.1 Å². The van der Waals surface area contributed by atoms with Gasteiger partial charge in [0.2, 0.25) is 0 Å². The first-order valence-corrected chi connectivity index (χ1v) is 10.9. The number of benzene rings is 3. The molecule has 5 rings (SSSR count). The van der Waals surface area contributed by atoms with Crippen LogP contribution in [0, 0.1) is 0 Å². The molecule has 1 N–H and O–H groups in total. The molecule has 0 bridgehead atoms. The Morgan fingerprint density at radius 2 is 1.18 bits per heavy atom. The van der Waals surface area contributed by atoms with Crippen LogP contribution in [0.4, 0.5) is 0 Å². The predicted molar refractivity (Wildman–Crippen MR) is 135 cm³/mol. The maximum atomic E-state index is 7.19. The van der Waals surface area contributed by atoms with Crippen molar-refractivity contribution in [2.45, 2.75) is 13.0 Å². The summed E-state index contributed by atoms with van der Waals surface area (Å²) in [6.45, 7) is 1.97. The summed E-state index contributed by atoms with van der Waals surface area (Å²) in [6, 6.07) is 30.9. The van der Waals surface area contributed by atoms with Crippen molar-refractivity contribution in [3.63, 3.8) is 0 Å². The molecule has 5 aromatic rings. The summed E-state index contributed by atoms with van der Waals surface area (Å²) in [5.74, 6) is 0. The van der Waals surface area contributed by atoms with Crippen LogP contribution in [-0.4, -0.2) is 23.1 Å². The minimum absolute atomic E-state index is 0. The van der Waals surface area contributed by atoms with Gasteiger partial charge < -0.3 is 11.1 Å². The molecular formula is C28H26N4Pt. The zero-order valence-electron chi connectivity index (χ0n) is 18.3. The van der Waals surface area contributed by atoms with Gasteiger partial charge in [0.15, 0.2) is 0 Å². The molecular weight excluding hydrogens is 587 g/mol. The second kappa shape index (κ2) is 13.0. The molecule has 168 valence electrons. The molecule has 0 aliphatic heterocycles. The number of nitrogens with zero attached hydrogens (tertiary/aromatic N) is 3. The van der Waals surface area contributed by atoms with Gasteiger partial charge in [0.05, 0.1) is 11.4 Å². The van der Waals surface area contributed by atoms with E-state index < -0.39 is 0 Å². The molecule has 33 heavy (non-hydrogen) atoms. The van der Waals surface area contributed by atoms with Gasteiger partial charge in [-0.15, -0.1) is 6.54 Å². The SMILES string of the molecule is [NH-]CCC[N-]Cc1c2ccccc2cc2ccccc12.[Pt+2].c1ccc(-c2ccccn2)nc1. The smallest absolute Gasteiger partial charge is 0.677 e. The van der Waals surface area contributed by atoms with Gasteiger partial charge in [-0.2, -0.15) is 13.1 Å². The van der Waals surface area contributed by atoms with Crippen LogP contribution >= 0.6 is 0 Å². The first-order valence-electron chi connectivity index (χ1n) is 10.9. The molecule has 0 radical (unpaired) electrons. The third-order valence-electron chi connectivity index (χ3n) is 5.24. The second-order valence-electron chi connectivity index (χ2n) is 7.44. The number of hydrogen-bond donors (Lipinski definition) is 0. The zero-order valence-corrected chi connectivity index (χ0v) is 20.6. The fraction of sp³-hybridized carbons (Fsp3) is 0.143. The monoisotopic (exact) mass is 613 g/mol. The van der Waals surface area contributed by atoms with E-state index in [4.69, 9.17) is 5.73 Å². The molecule has 0 aliphatic rings. The van der Waals surface area contributed by atoms with E-state index in [0.717, 1.165) is 30.9 Å². The van der Waals surface area contributed by atoms with E-state index in [1.807, 2.05) is 36.4 Å². The topological polar surface area (TPSA) is 63.7 Å². The van der Waals surface area contributed by atoms with Crippen LogP contribution in [-0.2, 0) is 27.6 Å². The van der Waals surface area contributed by atoms with Gasteiger partial charge in [0.25, 0.3) is 0 Å². The van der Waals surface area contributed by atoms with Crippen LogP contribution in [0.1, 0.15) is 12.0 Å². The molecule has 0 unspecified atom stereocenters. The molecule has 0 spiro atoms. The number of fused-ring (bicyclic) bond motifs is 2. The van der Waals surface area contributed by atoms with Crippen molar-refractivity contribution in [1.29, 1.82) is 0 Å². The molecule has 4 nitrogen and oxygen atoms in total. The Morgan fingerprint density at radius 1 is 0.667 bits per heavy atom. The van der Waals surface area contributed by atoms with Crippen LogP contribution < -0.4 is 0 Å². The molecule has 0 atom stereocenters. The predicted octanol–water partition coefficient (Wildman–Crippen LogP) is 7.45. The van der Waals surface area contributed by atoms with Crippen LogP contribution in [0.5, 0.6) is 0 Å². The number of rotatable bonds is 6. The minimum atomic E-state index is 0. The molecule has 2 heterocycles. The summed E-state index contributed by atoms with van der Waals surface area (Å²) in [5, 5.41) is 9.75. The molecule has 0 fully saturated rings. The van der Waals surface area contributed by atoms with Gasteiger partial charge in [-0.05, 0) is 51.9 Å². The molecule has 0 amide bonds. The van der Waals surface area contributed by atoms with Crippen LogP contribution in [0.3, 0.4) is 0 Å². The van der Waals surface area contributed by atoms with Crippen LogP contribution in [0.15, 0.2) is 103 Å². The van der Waals surface area contributed by atoms with Crippen molar-refractivity contribution in [3.8, 4) is 11.4 Å². The van der Waals surface area contributed by atoms with Gasteiger partial charge in [0, 0.05) is 12.4 Å². The summed E-state index contributed by atoms with van der Waals surface area (Å²) in [7, 11) is 0. The van der Waals surface area contributed by atoms with Crippen molar-refractivity contribution in [2.24, 2.45) is 0 Å². The van der Waals surface area contributed by atoms with Gasteiger partial charge in [-0.3, -0.25) is 9.97 Å². The zero-order chi connectivity index (χ0) is 22.0. The van der Waals surface area contributed by atoms with Gasteiger partial charge in [-0.25, -0.2) is 0 Å². The van der Waals surface area contributed by atoms with Gasteiger partial charge in [-0.1, -0.05) is 72.6 Å². The average molecular weight is 614 g/mol. The molecule has 2 aromatic heterocycles. The number of hydrogen-bond acceptors (Lipinski definition) is 2. The first kappa shape index (κ1) is 24.7. The maximum Gasteiger partial charge on any atom is 2.00 e. The summed E-state index contributed by atoms with van der Waals surface area (Å²) < 4.78 is 0. The van der Waals surface area contributed by atoms with Crippen LogP contribution in [0.2, 0.25) is 0 Å². The normalized spacial score (nSPS) is 10.3. The van der Waals surface area contributed by atoms with E-state index >= 15 is 0 Å². The van der Waals surface area contributed by atoms with E-state index in [9.17, 15) is 0 Å². The summed E-state index contributed by atoms with van der Waals surface area (Å²) >= 11 is 0. The molecule has 0 aliphatic carbocycles. The Hall–Kier alpha value is -2.91. The van der Waals surface area contributed by atoms with Crippen molar-refractivity contribution < 1.29 is 21.1 Å². The standard InChI is InChI=1S/C18H18N2.C10H8N2.Pt/c19-10-5-11-20-13-18-16-8-3-1-6-14(16)12-15-7-2-4-9-17(15)18;1-3-7-11-9(5-1)10-6-2-4-8-12-10;/h1-4,6-9,12,19H,5,10-11,13H2;1-8H;/q-2;;+2. The third-order valence-corrected chi connectivity index (χ3v) is 5.24. The number of nitrogens with one attached hydrogen (secondary N) is 1. The summed E-state index contributed by atoms with van der Waals surface area (Å²) in [4.78, 5) is 8.37. The summed E-state index contributed by atoms with van der Waals surface area (Å²) in [6.07, 6.45) is 4.39.